The van der Waals surface area contributed by atoms with Gasteiger partial charge in [0.25, 0.3) is 11.5 Å². The molecule has 16 heteroatoms. The van der Waals surface area contributed by atoms with Crippen molar-refractivity contribution < 1.29 is 14.4 Å². The highest BCUT2D eigenvalue weighted by Gasteiger charge is 2.26. The first-order valence-electron chi connectivity index (χ1n) is 20.9. The summed E-state index contributed by atoms with van der Waals surface area (Å²) in [4.78, 5) is 75.5. The van der Waals surface area contributed by atoms with Crippen LogP contribution in [0.1, 0.15) is 100 Å². The van der Waals surface area contributed by atoms with Crippen LogP contribution in [-0.4, -0.2) is 92.8 Å². The van der Waals surface area contributed by atoms with Gasteiger partial charge in [-0.1, -0.05) is 18.9 Å². The zero-order chi connectivity index (χ0) is 42.3. The third-order valence-electron chi connectivity index (χ3n) is 11.6. The van der Waals surface area contributed by atoms with E-state index in [2.05, 4.69) is 46.0 Å². The number of rotatable bonds is 16. The largest absolute Gasteiger partial charge is 0.385 e. The normalized spacial score (nSPS) is 14.7. The number of unbranched alkanes of at least 4 members (excludes halogenated alkanes) is 2. The van der Waals surface area contributed by atoms with E-state index in [9.17, 15) is 19.2 Å². The molecular formula is C44H55N11O4S. The van der Waals surface area contributed by atoms with E-state index in [1.807, 2.05) is 57.3 Å². The van der Waals surface area contributed by atoms with Crippen LogP contribution in [-0.2, 0) is 4.79 Å². The van der Waals surface area contributed by atoms with E-state index in [4.69, 9.17) is 4.98 Å². The Morgan fingerprint density at radius 2 is 1.65 bits per heavy atom. The summed E-state index contributed by atoms with van der Waals surface area (Å²) < 4.78 is 1.71. The summed E-state index contributed by atoms with van der Waals surface area (Å²) in [5.41, 5.74) is 5.44. The SMILES string of the molecule is CC(=O)c1c(C)c2cnc(Nc3ccc(N4CCN(CC(=O)NCCCCCNc5ccc(C)c(C(=O)Nc6nc(C)c(C)s6)c5)CC4)cn3)nc2n(C2CCCC2)c1=O. The zero-order valence-electron chi connectivity index (χ0n) is 35.2. The number of aryl methyl sites for hydroxylation is 4. The fourth-order valence-electron chi connectivity index (χ4n) is 8.05. The molecule has 1 saturated heterocycles. The number of nitrogens with one attached hydrogen (secondary N) is 4. The quantitative estimate of drug-likeness (QED) is 0.0611. The molecule has 5 heterocycles. The van der Waals surface area contributed by atoms with Crippen molar-refractivity contribution in [2.75, 3.05) is 66.7 Å². The van der Waals surface area contributed by atoms with Crippen molar-refractivity contribution in [2.45, 2.75) is 85.6 Å². The maximum atomic E-state index is 13.6. The molecule has 2 amide bonds. The van der Waals surface area contributed by atoms with E-state index in [-0.39, 0.29) is 34.8 Å². The van der Waals surface area contributed by atoms with Crippen molar-refractivity contribution in [1.29, 1.82) is 0 Å². The van der Waals surface area contributed by atoms with Crippen molar-refractivity contribution >= 4 is 68.2 Å². The van der Waals surface area contributed by atoms with Crippen molar-refractivity contribution in [3.63, 3.8) is 0 Å². The molecule has 316 valence electrons. The van der Waals surface area contributed by atoms with Gasteiger partial charge in [0.2, 0.25) is 11.9 Å². The van der Waals surface area contributed by atoms with Crippen molar-refractivity contribution in [3.05, 3.63) is 85.9 Å². The van der Waals surface area contributed by atoms with Crippen LogP contribution in [0, 0.1) is 27.7 Å². The van der Waals surface area contributed by atoms with Gasteiger partial charge in [0.1, 0.15) is 11.5 Å². The minimum atomic E-state index is -0.277. The molecule has 0 unspecified atom stereocenters. The molecule has 1 aliphatic heterocycles. The average molecular weight is 834 g/mol. The number of nitrogens with zero attached hydrogens (tertiary/aromatic N) is 7. The number of benzene rings is 1. The number of hydrogen-bond donors (Lipinski definition) is 4. The number of ketones is 1. The third kappa shape index (κ3) is 9.99. The Morgan fingerprint density at radius 1 is 0.883 bits per heavy atom. The summed E-state index contributed by atoms with van der Waals surface area (Å²) in [6, 6.07) is 9.73. The molecule has 0 spiro atoms. The predicted octanol–water partition coefficient (Wildman–Crippen LogP) is 6.71. The molecule has 4 N–H and O–H groups in total. The number of anilines is 5. The van der Waals surface area contributed by atoms with Crippen LogP contribution >= 0.6 is 11.3 Å². The molecule has 60 heavy (non-hydrogen) atoms. The monoisotopic (exact) mass is 833 g/mol. The number of thiazole rings is 1. The van der Waals surface area contributed by atoms with Gasteiger partial charge in [-0.25, -0.2) is 15.0 Å². The van der Waals surface area contributed by atoms with Crippen LogP contribution < -0.4 is 31.7 Å². The van der Waals surface area contributed by atoms with Gasteiger partial charge < -0.3 is 20.9 Å². The van der Waals surface area contributed by atoms with Crippen molar-refractivity contribution in [3.8, 4) is 0 Å². The van der Waals surface area contributed by atoms with Crippen LogP contribution in [0.2, 0.25) is 0 Å². The van der Waals surface area contributed by atoms with Crippen LogP contribution in [0.25, 0.3) is 11.0 Å². The fraction of sp³-hybridized carbons (Fsp3) is 0.455. The molecule has 0 bridgehead atoms. The van der Waals surface area contributed by atoms with Gasteiger partial charge >= 0.3 is 0 Å². The molecule has 0 atom stereocenters. The van der Waals surface area contributed by atoms with E-state index in [0.29, 0.717) is 52.1 Å². The molecule has 1 aromatic carbocycles. The lowest BCUT2D eigenvalue weighted by molar-refractivity contribution is -0.122. The summed E-state index contributed by atoms with van der Waals surface area (Å²) in [5.74, 6) is 0.548. The molecule has 5 aromatic rings. The molecule has 2 fully saturated rings. The lowest BCUT2D eigenvalue weighted by Crippen LogP contribution is -2.49. The van der Waals surface area contributed by atoms with Gasteiger partial charge in [-0.05, 0) is 102 Å². The molecule has 1 aliphatic carbocycles. The summed E-state index contributed by atoms with van der Waals surface area (Å²) >= 11 is 1.48. The zero-order valence-corrected chi connectivity index (χ0v) is 36.0. The highest BCUT2D eigenvalue weighted by molar-refractivity contribution is 7.15. The minimum absolute atomic E-state index is 0.00667. The maximum Gasteiger partial charge on any atom is 0.263 e. The predicted molar refractivity (Wildman–Crippen MR) is 238 cm³/mol. The van der Waals surface area contributed by atoms with E-state index in [1.54, 1.807) is 17.7 Å². The molecule has 1 saturated carbocycles. The van der Waals surface area contributed by atoms with Crippen molar-refractivity contribution in [2.24, 2.45) is 0 Å². The Labute approximate surface area is 354 Å². The third-order valence-corrected chi connectivity index (χ3v) is 12.6. The summed E-state index contributed by atoms with van der Waals surface area (Å²) in [5, 5.41) is 13.9. The first-order valence-corrected chi connectivity index (χ1v) is 21.8. The minimum Gasteiger partial charge on any atom is -0.385 e. The number of hydrogen-bond acceptors (Lipinski definition) is 13. The first-order chi connectivity index (χ1) is 28.9. The van der Waals surface area contributed by atoms with E-state index >= 15 is 0 Å². The standard InChI is InChI=1S/C44H55N11O4S/c1-27-13-14-32(23-35(27)41(58)52-44-49-29(3)31(5)60-44)45-17-9-6-10-18-46-38(57)26-53-19-21-54(22-20-53)34-15-16-37(47-24-34)50-43-48-25-36-28(2)39(30(4)56)42(59)55(40(36)51-43)33-11-7-8-12-33/h13-16,23-25,33,45H,6-12,17-22,26H2,1-5H3,(H,46,57)(H,49,52,58)(H,47,48,50,51). The first kappa shape index (κ1) is 42.4. The lowest BCUT2D eigenvalue weighted by Gasteiger charge is -2.35. The number of carbonyl (C=O) groups excluding carboxylic acids is 3. The Morgan fingerprint density at radius 3 is 2.35 bits per heavy atom. The molecule has 2 aliphatic rings. The maximum absolute atomic E-state index is 13.6. The van der Waals surface area contributed by atoms with Gasteiger partial charge in [0.15, 0.2) is 10.9 Å². The highest BCUT2D eigenvalue weighted by Crippen LogP contribution is 2.32. The van der Waals surface area contributed by atoms with Gasteiger partial charge in [-0.3, -0.25) is 34.0 Å². The Bertz CT molecular complexity index is 2400. The second kappa shape index (κ2) is 19.1. The van der Waals surface area contributed by atoms with E-state index in [0.717, 1.165) is 105 Å². The smallest absolute Gasteiger partial charge is 0.263 e. The topological polar surface area (TPSA) is 179 Å². The van der Waals surface area contributed by atoms with Crippen molar-refractivity contribution in [1.82, 2.24) is 34.7 Å². The highest BCUT2D eigenvalue weighted by atomic mass is 32.1. The van der Waals surface area contributed by atoms with Gasteiger partial charge in [0.05, 0.1) is 29.7 Å². The van der Waals surface area contributed by atoms with Crippen LogP contribution in [0.3, 0.4) is 0 Å². The second-order valence-corrected chi connectivity index (χ2v) is 17.1. The number of Topliss-reactive ketones (excluding diaryl/α,β-unsaturated/α-hetero) is 1. The van der Waals surface area contributed by atoms with Crippen LogP contribution in [0.4, 0.5) is 28.3 Å². The van der Waals surface area contributed by atoms with E-state index < -0.39 is 0 Å². The van der Waals surface area contributed by atoms with Crippen LogP contribution in [0.5, 0.6) is 0 Å². The summed E-state index contributed by atoms with van der Waals surface area (Å²) in [6.07, 6.45) is 10.2. The molecule has 0 radical (unpaired) electrons. The molecule has 4 aromatic heterocycles. The van der Waals surface area contributed by atoms with Gasteiger partial charge in [-0.15, -0.1) is 11.3 Å². The average Bonchev–Trinajstić information content (AvgIpc) is 3.87. The summed E-state index contributed by atoms with van der Waals surface area (Å²) in [7, 11) is 0. The second-order valence-electron chi connectivity index (χ2n) is 15.9. The van der Waals surface area contributed by atoms with E-state index in [1.165, 1.54) is 18.3 Å². The van der Waals surface area contributed by atoms with Gasteiger partial charge in [-0.2, -0.15) is 4.98 Å². The lowest BCUT2D eigenvalue weighted by atomic mass is 10.0. The molecular weight excluding hydrogens is 779 g/mol. The number of amides is 2. The van der Waals surface area contributed by atoms with Gasteiger partial charge in [0, 0.05) is 73.0 Å². The number of fused-ring (bicyclic) bond motifs is 1. The molecule has 7 rings (SSSR count). The Kier molecular flexibility index (Phi) is 13.5. The Hall–Kier alpha value is -5.74. The fourth-order valence-corrected chi connectivity index (χ4v) is 8.86. The number of aromatic nitrogens is 5. The number of pyridine rings is 2. The number of piperazine rings is 1. The molecule has 15 nitrogen and oxygen atoms in total. The Balaban J connectivity index is 0.813. The van der Waals surface area contributed by atoms with Crippen LogP contribution in [0.15, 0.2) is 47.5 Å². The summed E-state index contributed by atoms with van der Waals surface area (Å²) in [6.45, 7) is 14.0. The number of carbonyl (C=O) groups is 3.